The van der Waals surface area contributed by atoms with Gasteiger partial charge in [-0.25, -0.2) is 5.43 Å². The number of hydrogen-bond donors (Lipinski definition) is 1. The van der Waals surface area contributed by atoms with Gasteiger partial charge >= 0.3 is 0 Å². The number of carbonyl (C=O) groups excluding carboxylic acids is 1. The third-order valence-corrected chi connectivity index (χ3v) is 5.51. The van der Waals surface area contributed by atoms with Crippen molar-refractivity contribution in [1.82, 2.24) is 5.43 Å². The van der Waals surface area contributed by atoms with Crippen LogP contribution in [-0.2, 0) is 17.2 Å². The molecule has 0 saturated heterocycles. The first-order valence-corrected chi connectivity index (χ1v) is 11.1. The normalized spacial score (nSPS) is 10.8. The number of rotatable bonds is 10. The number of carbonyl (C=O) groups is 1. The molecule has 7 nitrogen and oxygen atoms in total. The van der Waals surface area contributed by atoms with Crippen LogP contribution in [0.15, 0.2) is 77.9 Å². The van der Waals surface area contributed by atoms with Gasteiger partial charge in [0.15, 0.2) is 0 Å². The largest absolute Gasteiger partial charge is 0.489 e. The molecule has 3 aromatic carbocycles. The summed E-state index contributed by atoms with van der Waals surface area (Å²) in [5.74, 6) is 1.30. The van der Waals surface area contributed by atoms with Crippen LogP contribution < -0.4 is 10.2 Å². The average Bonchev–Trinajstić information content (AvgIpc) is 2.80. The third kappa shape index (κ3) is 7.72. The second-order valence-electron chi connectivity index (χ2n) is 6.69. The minimum absolute atomic E-state index is 0.0481. The number of nitrogens with one attached hydrogen (secondary N) is 1. The number of ether oxygens (including phenoxy) is 1. The lowest BCUT2D eigenvalue weighted by molar-refractivity contribution is -0.384. The number of non-ortho nitro benzene ring substituents is 1. The molecular weight excluding hydrogens is 450 g/mol. The molecule has 1 amide bonds. The molecule has 0 fully saturated rings. The maximum absolute atomic E-state index is 11.9. The Balaban J connectivity index is 1.36. The van der Waals surface area contributed by atoms with Gasteiger partial charge in [-0.15, -0.1) is 11.8 Å². The maximum atomic E-state index is 11.9. The van der Waals surface area contributed by atoms with E-state index in [-0.39, 0.29) is 17.3 Å². The SMILES string of the molecule is O=C(CSCc1ccc([N+](=O)[O-])cc1)N/N=C/c1ccc(OCc2ccc(Cl)cc2)cc1. The Morgan fingerprint density at radius 1 is 1.03 bits per heavy atom. The summed E-state index contributed by atoms with van der Waals surface area (Å²) < 4.78 is 5.74. The highest BCUT2D eigenvalue weighted by Gasteiger charge is 2.05. The van der Waals surface area contributed by atoms with E-state index in [9.17, 15) is 14.9 Å². The van der Waals surface area contributed by atoms with Gasteiger partial charge in [-0.05, 0) is 53.1 Å². The minimum Gasteiger partial charge on any atom is -0.489 e. The summed E-state index contributed by atoms with van der Waals surface area (Å²) in [6.07, 6.45) is 1.56. The number of nitro groups is 1. The molecule has 0 spiro atoms. The molecule has 0 bridgehead atoms. The molecule has 0 aromatic heterocycles. The van der Waals surface area contributed by atoms with Gasteiger partial charge < -0.3 is 4.74 Å². The van der Waals surface area contributed by atoms with Gasteiger partial charge in [-0.1, -0.05) is 35.9 Å². The number of thioether (sulfide) groups is 1. The summed E-state index contributed by atoms with van der Waals surface area (Å²) in [5.41, 5.74) is 5.29. The van der Waals surface area contributed by atoms with Crippen LogP contribution >= 0.6 is 23.4 Å². The molecule has 0 aliphatic heterocycles. The molecule has 0 heterocycles. The standard InChI is InChI=1S/C23H20ClN3O4S/c24-20-7-1-18(2-8-20)14-31-22-11-5-17(6-12-22)13-25-26-23(28)16-32-15-19-3-9-21(10-4-19)27(29)30/h1-13H,14-16H2,(H,26,28)/b25-13+. The van der Waals surface area contributed by atoms with Crippen LogP contribution in [0.4, 0.5) is 5.69 Å². The molecule has 0 radical (unpaired) electrons. The molecule has 9 heteroatoms. The van der Waals surface area contributed by atoms with Gasteiger partial charge in [0.2, 0.25) is 5.91 Å². The van der Waals surface area contributed by atoms with Crippen LogP contribution in [-0.4, -0.2) is 22.8 Å². The lowest BCUT2D eigenvalue weighted by Crippen LogP contribution is -2.19. The molecule has 1 N–H and O–H groups in total. The average molecular weight is 470 g/mol. The van der Waals surface area contributed by atoms with Crippen LogP contribution in [0, 0.1) is 10.1 Å². The highest BCUT2D eigenvalue weighted by molar-refractivity contribution is 7.99. The molecule has 0 aliphatic rings. The second kappa shape index (κ2) is 11.9. The molecule has 3 rings (SSSR count). The summed E-state index contributed by atoms with van der Waals surface area (Å²) >= 11 is 7.27. The van der Waals surface area contributed by atoms with Gasteiger partial charge in [0, 0.05) is 22.9 Å². The summed E-state index contributed by atoms with van der Waals surface area (Å²) in [5, 5.41) is 15.3. The van der Waals surface area contributed by atoms with Crippen molar-refractivity contribution in [2.45, 2.75) is 12.4 Å². The van der Waals surface area contributed by atoms with Crippen molar-refractivity contribution in [2.75, 3.05) is 5.75 Å². The zero-order chi connectivity index (χ0) is 22.8. The molecule has 0 unspecified atom stereocenters. The summed E-state index contributed by atoms with van der Waals surface area (Å²) in [7, 11) is 0. The monoisotopic (exact) mass is 469 g/mol. The van der Waals surface area contributed by atoms with Crippen molar-refractivity contribution in [3.05, 3.63) is 105 Å². The number of nitro benzene ring substituents is 1. The zero-order valence-corrected chi connectivity index (χ0v) is 18.5. The summed E-state index contributed by atoms with van der Waals surface area (Å²) in [4.78, 5) is 22.1. The Kier molecular flexibility index (Phi) is 8.65. The van der Waals surface area contributed by atoms with Crippen molar-refractivity contribution in [3.63, 3.8) is 0 Å². The fraction of sp³-hybridized carbons (Fsp3) is 0.130. The van der Waals surface area contributed by atoms with Crippen LogP contribution in [0.3, 0.4) is 0 Å². The lowest BCUT2D eigenvalue weighted by Gasteiger charge is -2.06. The van der Waals surface area contributed by atoms with Crippen molar-refractivity contribution in [2.24, 2.45) is 5.10 Å². The predicted molar refractivity (Wildman–Crippen MR) is 127 cm³/mol. The molecule has 164 valence electrons. The Morgan fingerprint density at radius 3 is 2.34 bits per heavy atom. The van der Waals surface area contributed by atoms with Crippen molar-refractivity contribution >= 4 is 41.2 Å². The minimum atomic E-state index is -0.440. The van der Waals surface area contributed by atoms with Gasteiger partial charge in [0.1, 0.15) is 12.4 Å². The molecular formula is C23H20ClN3O4S. The fourth-order valence-electron chi connectivity index (χ4n) is 2.58. The molecule has 0 aliphatic carbocycles. The molecule has 0 saturated carbocycles. The van der Waals surface area contributed by atoms with Crippen LogP contribution in [0.5, 0.6) is 5.75 Å². The van der Waals surface area contributed by atoms with Crippen LogP contribution in [0.2, 0.25) is 5.02 Å². The topological polar surface area (TPSA) is 93.8 Å². The van der Waals surface area contributed by atoms with E-state index in [1.165, 1.54) is 23.9 Å². The van der Waals surface area contributed by atoms with Crippen molar-refractivity contribution < 1.29 is 14.5 Å². The Hall–Kier alpha value is -3.36. The van der Waals surface area contributed by atoms with Gasteiger partial charge in [-0.2, -0.15) is 5.10 Å². The number of hydrogen-bond acceptors (Lipinski definition) is 6. The Labute approximate surface area is 194 Å². The van der Waals surface area contributed by atoms with E-state index in [2.05, 4.69) is 10.5 Å². The highest BCUT2D eigenvalue weighted by atomic mass is 35.5. The quantitative estimate of drug-likeness (QED) is 0.250. The zero-order valence-electron chi connectivity index (χ0n) is 16.9. The number of amides is 1. The maximum Gasteiger partial charge on any atom is 0.269 e. The van der Waals surface area contributed by atoms with E-state index in [0.717, 1.165) is 22.4 Å². The van der Waals surface area contributed by atoms with E-state index in [0.29, 0.717) is 17.4 Å². The first-order chi connectivity index (χ1) is 15.5. The van der Waals surface area contributed by atoms with E-state index in [4.69, 9.17) is 16.3 Å². The van der Waals surface area contributed by atoms with Crippen molar-refractivity contribution in [1.29, 1.82) is 0 Å². The highest BCUT2D eigenvalue weighted by Crippen LogP contribution is 2.17. The van der Waals surface area contributed by atoms with E-state index in [1.54, 1.807) is 18.3 Å². The van der Waals surface area contributed by atoms with Gasteiger partial charge in [0.05, 0.1) is 16.9 Å². The number of nitrogens with zero attached hydrogens (tertiary/aromatic N) is 2. The molecule has 32 heavy (non-hydrogen) atoms. The van der Waals surface area contributed by atoms with E-state index in [1.807, 2.05) is 48.5 Å². The number of halogens is 1. The molecule has 3 aromatic rings. The summed E-state index contributed by atoms with van der Waals surface area (Å²) in [6.45, 7) is 0.443. The van der Waals surface area contributed by atoms with Gasteiger partial charge in [0.25, 0.3) is 5.69 Å². The smallest absolute Gasteiger partial charge is 0.269 e. The first kappa shape index (κ1) is 23.3. The van der Waals surface area contributed by atoms with Crippen molar-refractivity contribution in [3.8, 4) is 5.75 Å². The lowest BCUT2D eigenvalue weighted by atomic mass is 10.2. The third-order valence-electron chi connectivity index (χ3n) is 4.25. The number of hydrazone groups is 1. The first-order valence-electron chi connectivity index (χ1n) is 9.60. The Bertz CT molecular complexity index is 1070. The summed E-state index contributed by atoms with van der Waals surface area (Å²) in [6, 6.07) is 21.1. The van der Waals surface area contributed by atoms with Crippen LogP contribution in [0.1, 0.15) is 16.7 Å². The fourth-order valence-corrected chi connectivity index (χ4v) is 3.49. The van der Waals surface area contributed by atoms with Crippen LogP contribution in [0.25, 0.3) is 0 Å². The second-order valence-corrected chi connectivity index (χ2v) is 8.12. The Morgan fingerprint density at radius 2 is 1.69 bits per heavy atom. The van der Waals surface area contributed by atoms with E-state index >= 15 is 0 Å². The van der Waals surface area contributed by atoms with E-state index < -0.39 is 4.92 Å². The number of benzene rings is 3. The van der Waals surface area contributed by atoms with Gasteiger partial charge in [-0.3, -0.25) is 14.9 Å². The molecule has 0 atom stereocenters. The predicted octanol–water partition coefficient (Wildman–Crippen LogP) is 5.21.